The van der Waals surface area contributed by atoms with Gasteiger partial charge in [0, 0.05) is 19.3 Å². The number of carbonyl (C=O) groups is 2. The second kappa shape index (κ2) is 6.94. The Morgan fingerprint density at radius 2 is 1.86 bits per heavy atom. The van der Waals surface area contributed by atoms with Crippen molar-refractivity contribution in [1.29, 1.82) is 0 Å². The van der Waals surface area contributed by atoms with Crippen LogP contribution in [0.1, 0.15) is 72.1 Å². The van der Waals surface area contributed by atoms with Crippen LogP contribution >= 0.6 is 0 Å². The van der Waals surface area contributed by atoms with E-state index in [2.05, 4.69) is 18.9 Å². The van der Waals surface area contributed by atoms with E-state index in [0.717, 1.165) is 44.9 Å². The Labute approximate surface area is 168 Å². The fourth-order valence-electron chi connectivity index (χ4n) is 7.28. The molecule has 0 aromatic carbocycles. The van der Waals surface area contributed by atoms with E-state index < -0.39 is 5.60 Å². The van der Waals surface area contributed by atoms with Gasteiger partial charge in [0.25, 0.3) is 0 Å². The lowest BCUT2D eigenvalue weighted by Crippen LogP contribution is -2.53. The molecule has 4 heteroatoms. The lowest BCUT2D eigenvalue weighted by Gasteiger charge is -2.55. The van der Waals surface area contributed by atoms with Crippen molar-refractivity contribution in [3.8, 4) is 12.3 Å². The van der Waals surface area contributed by atoms with Gasteiger partial charge in [-0.2, -0.15) is 0 Å². The molecule has 0 saturated heterocycles. The number of carbonyl (C=O) groups excluding carboxylic acids is 2. The molecule has 0 spiro atoms. The van der Waals surface area contributed by atoms with Gasteiger partial charge in [-0.1, -0.05) is 18.4 Å². The molecule has 0 N–H and O–H groups in total. The molecule has 152 valence electrons. The Hall–Kier alpha value is -1.76. The molecular formula is C24H32O4. The molecule has 3 saturated carbocycles. The Balaban J connectivity index is 1.57. The summed E-state index contributed by atoms with van der Waals surface area (Å²) in [5.74, 6) is 4.94. The van der Waals surface area contributed by atoms with Gasteiger partial charge in [0.05, 0.1) is 0 Å². The highest BCUT2D eigenvalue weighted by Crippen LogP contribution is 2.65. The van der Waals surface area contributed by atoms with E-state index >= 15 is 0 Å². The van der Waals surface area contributed by atoms with Gasteiger partial charge in [0.15, 0.2) is 5.60 Å². The van der Waals surface area contributed by atoms with Crippen LogP contribution in [0.15, 0.2) is 11.6 Å². The zero-order valence-corrected chi connectivity index (χ0v) is 17.3. The Bertz CT molecular complexity index is 746. The van der Waals surface area contributed by atoms with Crippen molar-refractivity contribution < 1.29 is 19.1 Å². The number of allylic oxidation sites excluding steroid dienone is 1. The first-order valence-electron chi connectivity index (χ1n) is 10.8. The quantitative estimate of drug-likeness (QED) is 0.402. The van der Waals surface area contributed by atoms with Gasteiger partial charge in [-0.15, -0.1) is 6.42 Å². The Kier molecular flexibility index (Phi) is 4.84. The van der Waals surface area contributed by atoms with Crippen LogP contribution in [0.3, 0.4) is 0 Å². The second-order valence-electron chi connectivity index (χ2n) is 9.61. The maximum Gasteiger partial charge on any atom is 0.304 e. The third kappa shape index (κ3) is 2.90. The number of hydrogen-bond donors (Lipinski definition) is 0. The predicted octanol–water partition coefficient (Wildman–Crippen LogP) is 4.43. The monoisotopic (exact) mass is 384 g/mol. The van der Waals surface area contributed by atoms with Crippen molar-refractivity contribution in [2.24, 2.45) is 29.1 Å². The molecular weight excluding hydrogens is 352 g/mol. The number of terminal acetylenes is 1. The highest BCUT2D eigenvalue weighted by molar-refractivity contribution is 5.67. The molecule has 3 fully saturated rings. The van der Waals surface area contributed by atoms with Crippen LogP contribution in [0.2, 0.25) is 0 Å². The summed E-state index contributed by atoms with van der Waals surface area (Å²) < 4.78 is 11.3. The topological polar surface area (TPSA) is 52.6 Å². The van der Waals surface area contributed by atoms with Crippen LogP contribution in [-0.4, -0.2) is 23.6 Å². The third-order valence-electron chi connectivity index (χ3n) is 8.40. The van der Waals surface area contributed by atoms with E-state index in [1.54, 1.807) is 0 Å². The minimum atomic E-state index is -0.739. The van der Waals surface area contributed by atoms with Gasteiger partial charge < -0.3 is 9.47 Å². The van der Waals surface area contributed by atoms with Crippen LogP contribution < -0.4 is 0 Å². The second-order valence-corrected chi connectivity index (χ2v) is 9.61. The summed E-state index contributed by atoms with van der Waals surface area (Å²) in [5.41, 5.74) is 0.644. The Morgan fingerprint density at radius 1 is 1.07 bits per heavy atom. The number of esters is 2. The molecule has 0 unspecified atom stereocenters. The maximum absolute atomic E-state index is 11.8. The predicted molar refractivity (Wildman–Crippen MR) is 106 cm³/mol. The largest absolute Gasteiger partial charge is 0.458 e. The van der Waals surface area contributed by atoms with Crippen molar-refractivity contribution in [3.05, 3.63) is 11.6 Å². The molecule has 0 amide bonds. The van der Waals surface area contributed by atoms with Crippen molar-refractivity contribution >= 4 is 11.9 Å². The highest BCUT2D eigenvalue weighted by atomic mass is 16.6. The minimum Gasteiger partial charge on any atom is -0.458 e. The summed E-state index contributed by atoms with van der Waals surface area (Å²) in [7, 11) is 0. The van der Waals surface area contributed by atoms with Crippen LogP contribution in [-0.2, 0) is 19.1 Å². The summed E-state index contributed by atoms with van der Waals surface area (Å²) >= 11 is 0. The molecule has 0 aliphatic heterocycles. The number of rotatable bonds is 2. The molecule has 4 nitrogen and oxygen atoms in total. The van der Waals surface area contributed by atoms with E-state index in [0.29, 0.717) is 23.7 Å². The molecule has 4 aliphatic rings. The lowest BCUT2D eigenvalue weighted by molar-refractivity contribution is -0.167. The lowest BCUT2D eigenvalue weighted by atomic mass is 9.50. The van der Waals surface area contributed by atoms with E-state index in [9.17, 15) is 9.59 Å². The molecule has 28 heavy (non-hydrogen) atoms. The minimum absolute atomic E-state index is 0.0429. The van der Waals surface area contributed by atoms with E-state index in [1.807, 2.05) is 0 Å². The van der Waals surface area contributed by atoms with Crippen LogP contribution in [0.25, 0.3) is 0 Å². The number of fused-ring (bicyclic) bond motifs is 5. The van der Waals surface area contributed by atoms with Gasteiger partial charge in [0.2, 0.25) is 0 Å². The van der Waals surface area contributed by atoms with Crippen molar-refractivity contribution in [1.82, 2.24) is 0 Å². The van der Waals surface area contributed by atoms with Crippen molar-refractivity contribution in [3.63, 3.8) is 0 Å². The molecule has 4 aliphatic carbocycles. The zero-order valence-electron chi connectivity index (χ0n) is 17.3. The molecule has 0 bridgehead atoms. The summed E-state index contributed by atoms with van der Waals surface area (Å²) in [6, 6.07) is 0. The normalized spacial score (nSPS) is 44.2. The van der Waals surface area contributed by atoms with Crippen molar-refractivity contribution in [2.45, 2.75) is 83.8 Å². The average molecular weight is 385 g/mol. The van der Waals surface area contributed by atoms with E-state index in [-0.39, 0.29) is 23.5 Å². The summed E-state index contributed by atoms with van der Waals surface area (Å²) in [6.45, 7) is 5.23. The molecule has 0 heterocycles. The standard InChI is InChI=1S/C24H32O4/c1-5-24(28-16(3)26)13-11-22-21-8-6-17-14-18(27-15(2)25)7-9-19(17)20(21)10-12-23(22,24)4/h1,14,18-22H,6-13H2,2-4H3/t18-,19-,20+,21+,22-,23-,24-/m1/s1. The van der Waals surface area contributed by atoms with Crippen molar-refractivity contribution in [2.75, 3.05) is 0 Å². The third-order valence-corrected chi connectivity index (χ3v) is 8.40. The van der Waals surface area contributed by atoms with Gasteiger partial charge in [0.1, 0.15) is 6.10 Å². The highest BCUT2D eigenvalue weighted by Gasteiger charge is 2.64. The van der Waals surface area contributed by atoms with Crippen LogP contribution in [0.5, 0.6) is 0 Å². The fourth-order valence-corrected chi connectivity index (χ4v) is 7.28. The Morgan fingerprint density at radius 3 is 2.54 bits per heavy atom. The van der Waals surface area contributed by atoms with E-state index in [1.165, 1.54) is 25.8 Å². The zero-order chi connectivity index (χ0) is 20.1. The number of ether oxygens (including phenoxy) is 2. The fraction of sp³-hybridized carbons (Fsp3) is 0.750. The molecule has 0 radical (unpaired) electrons. The average Bonchev–Trinajstić information content (AvgIpc) is 2.93. The summed E-state index contributed by atoms with van der Waals surface area (Å²) in [6.07, 6.45) is 16.5. The van der Waals surface area contributed by atoms with Gasteiger partial charge in [-0.25, -0.2) is 0 Å². The maximum atomic E-state index is 11.8. The van der Waals surface area contributed by atoms with Gasteiger partial charge in [-0.3, -0.25) is 9.59 Å². The molecule has 0 aromatic heterocycles. The summed E-state index contributed by atoms with van der Waals surface area (Å²) in [5, 5.41) is 0. The first-order chi connectivity index (χ1) is 13.3. The molecule has 0 aromatic rings. The summed E-state index contributed by atoms with van der Waals surface area (Å²) in [4.78, 5) is 23.1. The first kappa shape index (κ1) is 19.6. The first-order valence-corrected chi connectivity index (χ1v) is 10.8. The SMILES string of the molecule is C#C[C@@]1(OC(C)=O)CC[C@@H]2[C@H]3CCC4=C[C@H](OC(C)=O)CC[C@H]4[C@@H]3CC[C@]21C. The molecule has 4 rings (SSSR count). The van der Waals surface area contributed by atoms with Crippen LogP contribution in [0, 0.1) is 41.4 Å². The number of hydrogen-bond acceptors (Lipinski definition) is 4. The van der Waals surface area contributed by atoms with Gasteiger partial charge >= 0.3 is 11.9 Å². The van der Waals surface area contributed by atoms with E-state index in [4.69, 9.17) is 15.9 Å². The van der Waals surface area contributed by atoms with Gasteiger partial charge in [-0.05, 0) is 81.1 Å². The molecule has 7 atom stereocenters. The van der Waals surface area contributed by atoms with Crippen LogP contribution in [0.4, 0.5) is 0 Å². The smallest absolute Gasteiger partial charge is 0.304 e.